The minimum atomic E-state index is -0.131. The molecule has 1 heterocycles. The molecule has 0 aliphatic rings. The zero-order valence-corrected chi connectivity index (χ0v) is 12.1. The van der Waals surface area contributed by atoms with Crippen LogP contribution in [0.4, 0.5) is 5.69 Å². The van der Waals surface area contributed by atoms with Crippen LogP contribution in [0.2, 0.25) is 0 Å². The lowest BCUT2D eigenvalue weighted by Gasteiger charge is -2.11. The van der Waals surface area contributed by atoms with Crippen molar-refractivity contribution in [3.05, 3.63) is 71.4 Å². The van der Waals surface area contributed by atoms with Crippen molar-refractivity contribution in [1.29, 1.82) is 0 Å². The Kier molecular flexibility index (Phi) is 3.40. The van der Waals surface area contributed by atoms with Crippen molar-refractivity contribution in [3.8, 4) is 0 Å². The monoisotopic (exact) mass is 276 g/mol. The third-order valence-electron chi connectivity index (χ3n) is 3.73. The van der Waals surface area contributed by atoms with Crippen molar-refractivity contribution >= 4 is 22.5 Å². The van der Waals surface area contributed by atoms with E-state index in [0.717, 1.165) is 27.7 Å². The van der Waals surface area contributed by atoms with Gasteiger partial charge in [0.25, 0.3) is 5.91 Å². The van der Waals surface area contributed by atoms with Gasteiger partial charge in [0.2, 0.25) is 0 Å². The van der Waals surface area contributed by atoms with Crippen molar-refractivity contribution in [3.63, 3.8) is 0 Å². The van der Waals surface area contributed by atoms with Gasteiger partial charge in [0.05, 0.1) is 11.1 Å². The van der Waals surface area contributed by atoms with Gasteiger partial charge in [-0.25, -0.2) is 0 Å². The molecule has 0 saturated heterocycles. The van der Waals surface area contributed by atoms with Gasteiger partial charge >= 0.3 is 0 Å². The smallest absolute Gasteiger partial charge is 0.257 e. The van der Waals surface area contributed by atoms with E-state index < -0.39 is 0 Å². The van der Waals surface area contributed by atoms with Crippen molar-refractivity contribution in [2.45, 2.75) is 13.8 Å². The number of amides is 1. The highest BCUT2D eigenvalue weighted by Crippen LogP contribution is 2.21. The number of rotatable bonds is 2. The first-order valence-electron chi connectivity index (χ1n) is 6.88. The molecule has 1 N–H and O–H groups in total. The molecule has 0 aliphatic heterocycles. The molecule has 2 aromatic carbocycles. The van der Waals surface area contributed by atoms with E-state index in [1.54, 1.807) is 12.3 Å². The summed E-state index contributed by atoms with van der Waals surface area (Å²) in [6.07, 6.45) is 1.71. The zero-order chi connectivity index (χ0) is 14.8. The Morgan fingerprint density at radius 2 is 1.76 bits per heavy atom. The van der Waals surface area contributed by atoms with Crippen LogP contribution in [0.5, 0.6) is 0 Å². The van der Waals surface area contributed by atoms with Crippen molar-refractivity contribution in [2.24, 2.45) is 0 Å². The summed E-state index contributed by atoms with van der Waals surface area (Å²) < 4.78 is 0. The fourth-order valence-electron chi connectivity index (χ4n) is 2.36. The average molecular weight is 276 g/mol. The molecular weight excluding hydrogens is 260 g/mol. The Hall–Kier alpha value is -2.68. The summed E-state index contributed by atoms with van der Waals surface area (Å²) in [6, 6.07) is 15.4. The number of anilines is 1. The lowest BCUT2D eigenvalue weighted by molar-refractivity contribution is 0.102. The quantitative estimate of drug-likeness (QED) is 0.765. The van der Waals surface area contributed by atoms with Crippen LogP contribution >= 0.6 is 0 Å². The maximum atomic E-state index is 12.5. The number of pyridine rings is 1. The van der Waals surface area contributed by atoms with E-state index >= 15 is 0 Å². The van der Waals surface area contributed by atoms with Crippen LogP contribution in [-0.2, 0) is 0 Å². The minimum Gasteiger partial charge on any atom is -0.322 e. The summed E-state index contributed by atoms with van der Waals surface area (Å²) in [5.74, 6) is -0.131. The van der Waals surface area contributed by atoms with Gasteiger partial charge in [0.15, 0.2) is 0 Å². The van der Waals surface area contributed by atoms with E-state index in [4.69, 9.17) is 0 Å². The number of aromatic nitrogens is 1. The predicted octanol–water partition coefficient (Wildman–Crippen LogP) is 4.10. The highest BCUT2D eigenvalue weighted by Gasteiger charge is 2.12. The van der Waals surface area contributed by atoms with Crippen LogP contribution in [0.25, 0.3) is 10.9 Å². The number of hydrogen-bond acceptors (Lipinski definition) is 2. The van der Waals surface area contributed by atoms with Gasteiger partial charge < -0.3 is 5.32 Å². The highest BCUT2D eigenvalue weighted by atomic mass is 16.1. The molecular formula is C18H16N2O. The maximum Gasteiger partial charge on any atom is 0.257 e. The fraction of sp³-hybridized carbons (Fsp3) is 0.111. The molecule has 0 aliphatic carbocycles. The van der Waals surface area contributed by atoms with Crippen LogP contribution in [-0.4, -0.2) is 10.9 Å². The topological polar surface area (TPSA) is 42.0 Å². The number of para-hydroxylation sites is 1. The number of carbonyl (C=O) groups is 1. The summed E-state index contributed by atoms with van der Waals surface area (Å²) in [5.41, 5.74) is 4.40. The summed E-state index contributed by atoms with van der Waals surface area (Å²) in [6.45, 7) is 4.04. The normalized spacial score (nSPS) is 10.6. The van der Waals surface area contributed by atoms with Gasteiger partial charge in [-0.05, 0) is 43.2 Å². The SMILES string of the molecule is Cc1cccc(NC(=O)c2cccc3cccnc23)c1C. The number of benzene rings is 2. The largest absolute Gasteiger partial charge is 0.322 e. The standard InChI is InChI=1S/C18H16N2O/c1-12-6-3-10-16(13(12)2)20-18(21)15-9-4-7-14-8-5-11-19-17(14)15/h3-11H,1-2H3,(H,20,21). The molecule has 3 heteroatoms. The van der Waals surface area contributed by atoms with E-state index in [1.807, 2.05) is 56.3 Å². The lowest BCUT2D eigenvalue weighted by atomic mass is 10.1. The first kappa shape index (κ1) is 13.3. The summed E-state index contributed by atoms with van der Waals surface area (Å²) in [7, 11) is 0. The third-order valence-corrected chi connectivity index (χ3v) is 3.73. The van der Waals surface area contributed by atoms with Gasteiger partial charge in [-0.1, -0.05) is 30.3 Å². The van der Waals surface area contributed by atoms with Crippen LogP contribution in [0.3, 0.4) is 0 Å². The van der Waals surface area contributed by atoms with E-state index in [9.17, 15) is 4.79 Å². The molecule has 0 fully saturated rings. The lowest BCUT2D eigenvalue weighted by Crippen LogP contribution is -2.13. The molecule has 0 radical (unpaired) electrons. The fourth-order valence-corrected chi connectivity index (χ4v) is 2.36. The van der Waals surface area contributed by atoms with Gasteiger partial charge in [0, 0.05) is 17.3 Å². The average Bonchev–Trinajstić information content (AvgIpc) is 2.51. The van der Waals surface area contributed by atoms with Crippen LogP contribution < -0.4 is 5.32 Å². The van der Waals surface area contributed by atoms with E-state index in [0.29, 0.717) is 5.56 Å². The summed E-state index contributed by atoms with van der Waals surface area (Å²) >= 11 is 0. The van der Waals surface area contributed by atoms with Crippen LogP contribution in [0, 0.1) is 13.8 Å². The number of carbonyl (C=O) groups excluding carboxylic acids is 1. The molecule has 0 spiro atoms. The van der Waals surface area contributed by atoms with Crippen molar-refractivity contribution < 1.29 is 4.79 Å². The molecule has 3 rings (SSSR count). The Balaban J connectivity index is 2.00. The number of nitrogens with one attached hydrogen (secondary N) is 1. The first-order chi connectivity index (χ1) is 10.2. The predicted molar refractivity (Wildman–Crippen MR) is 85.6 cm³/mol. The number of aryl methyl sites for hydroxylation is 1. The first-order valence-corrected chi connectivity index (χ1v) is 6.88. The zero-order valence-electron chi connectivity index (χ0n) is 12.1. The Morgan fingerprint density at radius 3 is 2.62 bits per heavy atom. The molecule has 21 heavy (non-hydrogen) atoms. The third kappa shape index (κ3) is 2.50. The highest BCUT2D eigenvalue weighted by molar-refractivity contribution is 6.12. The second-order valence-electron chi connectivity index (χ2n) is 5.08. The molecule has 0 bridgehead atoms. The molecule has 1 amide bonds. The van der Waals surface area contributed by atoms with E-state index in [2.05, 4.69) is 10.3 Å². The molecule has 3 aromatic rings. The second-order valence-corrected chi connectivity index (χ2v) is 5.08. The van der Waals surface area contributed by atoms with Crippen molar-refractivity contribution in [2.75, 3.05) is 5.32 Å². The van der Waals surface area contributed by atoms with E-state index in [-0.39, 0.29) is 5.91 Å². The summed E-state index contributed by atoms with van der Waals surface area (Å²) in [4.78, 5) is 16.9. The number of hydrogen-bond donors (Lipinski definition) is 1. The molecule has 3 nitrogen and oxygen atoms in total. The molecule has 0 atom stereocenters. The maximum absolute atomic E-state index is 12.5. The Bertz CT molecular complexity index is 819. The second kappa shape index (κ2) is 5.37. The molecule has 1 aromatic heterocycles. The van der Waals surface area contributed by atoms with Crippen molar-refractivity contribution in [1.82, 2.24) is 4.98 Å². The number of fused-ring (bicyclic) bond motifs is 1. The Labute approximate surface area is 123 Å². The minimum absolute atomic E-state index is 0.131. The number of nitrogens with zero attached hydrogens (tertiary/aromatic N) is 1. The Morgan fingerprint density at radius 1 is 1.00 bits per heavy atom. The van der Waals surface area contributed by atoms with Gasteiger partial charge in [-0.15, -0.1) is 0 Å². The summed E-state index contributed by atoms with van der Waals surface area (Å²) in [5, 5.41) is 3.94. The molecule has 104 valence electrons. The van der Waals surface area contributed by atoms with Gasteiger partial charge in [-0.2, -0.15) is 0 Å². The van der Waals surface area contributed by atoms with Crippen LogP contribution in [0.1, 0.15) is 21.5 Å². The van der Waals surface area contributed by atoms with Gasteiger partial charge in [-0.3, -0.25) is 9.78 Å². The van der Waals surface area contributed by atoms with E-state index in [1.165, 1.54) is 0 Å². The molecule has 0 saturated carbocycles. The van der Waals surface area contributed by atoms with Crippen LogP contribution in [0.15, 0.2) is 54.7 Å². The molecule has 0 unspecified atom stereocenters. The van der Waals surface area contributed by atoms with Gasteiger partial charge in [0.1, 0.15) is 0 Å².